The van der Waals surface area contributed by atoms with Gasteiger partial charge in [-0.2, -0.15) is 4.98 Å². The number of fused-ring (bicyclic) bond motifs is 1. The molecule has 1 N–H and O–H groups in total. The van der Waals surface area contributed by atoms with E-state index in [4.69, 9.17) is 9.26 Å². The summed E-state index contributed by atoms with van der Waals surface area (Å²) in [5, 5.41) is 7.65. The van der Waals surface area contributed by atoms with Gasteiger partial charge < -0.3 is 14.6 Å². The molecule has 3 aliphatic rings. The second-order valence-corrected chi connectivity index (χ2v) is 7.14. The van der Waals surface area contributed by atoms with Gasteiger partial charge in [0.15, 0.2) is 5.82 Å². The van der Waals surface area contributed by atoms with Gasteiger partial charge in [0, 0.05) is 18.8 Å². The number of piperidine rings is 1. The number of hydrogen-bond acceptors (Lipinski definition) is 5. The predicted octanol–water partition coefficient (Wildman–Crippen LogP) is 2.45. The highest BCUT2D eigenvalue weighted by Gasteiger charge is 2.57. The van der Waals surface area contributed by atoms with E-state index in [-0.39, 0.29) is 0 Å². The maximum atomic E-state index is 5.57. The molecule has 2 aromatic rings. The third-order valence-electron chi connectivity index (χ3n) is 5.69. The average Bonchev–Trinajstić information content (AvgIpc) is 2.96. The molecular formula is C18H21N3O2. The quantitative estimate of drug-likeness (QED) is 0.943. The standard InChI is InChI=1S/C18H21N3O2/c1-2-15-13(3-8-22-15)9-12(1)10-16-20-17(23-21-16)14-11-18(14)4-6-19-7-5-18/h1-2,9,14,19H,3-8,10-11H2. The summed E-state index contributed by atoms with van der Waals surface area (Å²) in [4.78, 5) is 4.68. The van der Waals surface area contributed by atoms with Crippen LogP contribution >= 0.6 is 0 Å². The summed E-state index contributed by atoms with van der Waals surface area (Å²) in [7, 11) is 0. The number of rotatable bonds is 3. The van der Waals surface area contributed by atoms with E-state index in [0.29, 0.717) is 11.3 Å². The fourth-order valence-corrected chi connectivity index (χ4v) is 4.19. The summed E-state index contributed by atoms with van der Waals surface area (Å²) < 4.78 is 11.1. The monoisotopic (exact) mass is 311 g/mol. The first kappa shape index (κ1) is 13.5. The second-order valence-electron chi connectivity index (χ2n) is 7.14. The van der Waals surface area contributed by atoms with E-state index in [1.807, 2.05) is 0 Å². The lowest BCUT2D eigenvalue weighted by Crippen LogP contribution is -2.29. The maximum absolute atomic E-state index is 5.57. The molecular weight excluding hydrogens is 290 g/mol. The molecule has 2 fully saturated rings. The summed E-state index contributed by atoms with van der Waals surface area (Å²) in [5.41, 5.74) is 2.97. The fraction of sp³-hybridized carbons (Fsp3) is 0.556. The van der Waals surface area contributed by atoms with Gasteiger partial charge in [-0.15, -0.1) is 0 Å². The Morgan fingerprint density at radius 3 is 3.09 bits per heavy atom. The molecule has 5 rings (SSSR count). The van der Waals surface area contributed by atoms with Crippen LogP contribution in [0, 0.1) is 5.41 Å². The normalized spacial score (nSPS) is 24.4. The molecule has 1 saturated heterocycles. The van der Waals surface area contributed by atoms with Crippen molar-refractivity contribution >= 4 is 0 Å². The third-order valence-corrected chi connectivity index (χ3v) is 5.69. The number of aromatic nitrogens is 2. The summed E-state index contributed by atoms with van der Waals surface area (Å²) in [5.74, 6) is 3.16. The number of ether oxygens (including phenoxy) is 1. The van der Waals surface area contributed by atoms with Gasteiger partial charge in [0.2, 0.25) is 5.89 Å². The van der Waals surface area contributed by atoms with Gasteiger partial charge in [0.1, 0.15) is 5.75 Å². The Morgan fingerprint density at radius 1 is 1.26 bits per heavy atom. The van der Waals surface area contributed by atoms with Crippen LogP contribution in [0.25, 0.3) is 0 Å². The van der Waals surface area contributed by atoms with Gasteiger partial charge in [-0.25, -0.2) is 0 Å². The van der Waals surface area contributed by atoms with E-state index in [1.165, 1.54) is 30.4 Å². The first-order valence-electron chi connectivity index (χ1n) is 8.60. The largest absolute Gasteiger partial charge is 0.493 e. The molecule has 1 unspecified atom stereocenters. The Kier molecular flexibility index (Phi) is 2.98. The molecule has 0 bridgehead atoms. The first-order chi connectivity index (χ1) is 11.3. The zero-order valence-electron chi connectivity index (χ0n) is 13.2. The molecule has 1 saturated carbocycles. The minimum atomic E-state index is 0.444. The van der Waals surface area contributed by atoms with Crippen LogP contribution in [0.1, 0.15) is 48.0 Å². The molecule has 3 heterocycles. The molecule has 1 aromatic heterocycles. The van der Waals surface area contributed by atoms with Crippen LogP contribution in [0.4, 0.5) is 0 Å². The van der Waals surface area contributed by atoms with Gasteiger partial charge in [-0.05, 0) is 55.0 Å². The highest BCUT2D eigenvalue weighted by Crippen LogP contribution is 2.63. The molecule has 0 radical (unpaired) electrons. The van der Waals surface area contributed by atoms with Gasteiger partial charge in [0.25, 0.3) is 0 Å². The summed E-state index contributed by atoms with van der Waals surface area (Å²) >= 11 is 0. The van der Waals surface area contributed by atoms with E-state index < -0.39 is 0 Å². The van der Waals surface area contributed by atoms with E-state index in [1.54, 1.807) is 0 Å². The van der Waals surface area contributed by atoms with Crippen molar-refractivity contribution in [3.63, 3.8) is 0 Å². The van der Waals surface area contributed by atoms with Crippen molar-refractivity contribution in [2.75, 3.05) is 19.7 Å². The average molecular weight is 311 g/mol. The zero-order valence-corrected chi connectivity index (χ0v) is 13.2. The number of nitrogens with zero attached hydrogens (tertiary/aromatic N) is 2. The molecule has 23 heavy (non-hydrogen) atoms. The first-order valence-corrected chi connectivity index (χ1v) is 8.60. The summed E-state index contributed by atoms with van der Waals surface area (Å²) in [6, 6.07) is 6.37. The second kappa shape index (κ2) is 5.06. The third kappa shape index (κ3) is 2.34. The lowest BCUT2D eigenvalue weighted by molar-refractivity contribution is 0.310. The van der Waals surface area contributed by atoms with Crippen LogP contribution in [0.2, 0.25) is 0 Å². The number of benzene rings is 1. The van der Waals surface area contributed by atoms with Gasteiger partial charge in [-0.1, -0.05) is 17.3 Å². The number of nitrogens with one attached hydrogen (secondary N) is 1. The molecule has 1 spiro atoms. The van der Waals surface area contributed by atoms with E-state index in [2.05, 4.69) is 33.7 Å². The highest BCUT2D eigenvalue weighted by atomic mass is 16.5. The predicted molar refractivity (Wildman–Crippen MR) is 84.6 cm³/mol. The molecule has 5 heteroatoms. The van der Waals surface area contributed by atoms with Crippen molar-refractivity contribution in [1.82, 2.24) is 15.5 Å². The molecule has 5 nitrogen and oxygen atoms in total. The Hall–Kier alpha value is -1.88. The molecule has 120 valence electrons. The summed E-state index contributed by atoms with van der Waals surface area (Å²) in [6.07, 6.45) is 5.42. The smallest absolute Gasteiger partial charge is 0.230 e. The SMILES string of the molecule is c1cc2c(cc1Cc1noc(C3CC34CCNCC4)n1)CCO2. The van der Waals surface area contributed by atoms with Gasteiger partial charge >= 0.3 is 0 Å². The van der Waals surface area contributed by atoms with Crippen LogP contribution < -0.4 is 10.1 Å². The zero-order chi connectivity index (χ0) is 15.3. The number of hydrogen-bond donors (Lipinski definition) is 1. The molecule has 1 aromatic carbocycles. The molecule has 2 aliphatic heterocycles. The lowest BCUT2D eigenvalue weighted by Gasteiger charge is -2.22. The minimum absolute atomic E-state index is 0.444. The topological polar surface area (TPSA) is 60.2 Å². The van der Waals surface area contributed by atoms with Crippen LogP contribution in [-0.4, -0.2) is 29.8 Å². The van der Waals surface area contributed by atoms with Crippen LogP contribution in [0.3, 0.4) is 0 Å². The Labute approximate surface area is 135 Å². The highest BCUT2D eigenvalue weighted by molar-refractivity contribution is 5.40. The molecule has 1 atom stereocenters. The van der Waals surface area contributed by atoms with E-state index in [9.17, 15) is 0 Å². The van der Waals surface area contributed by atoms with E-state index in [0.717, 1.165) is 50.0 Å². The van der Waals surface area contributed by atoms with Gasteiger partial charge in [-0.3, -0.25) is 0 Å². The maximum Gasteiger partial charge on any atom is 0.230 e. The van der Waals surface area contributed by atoms with Crippen molar-refractivity contribution in [3.05, 3.63) is 41.0 Å². The van der Waals surface area contributed by atoms with Crippen LogP contribution in [-0.2, 0) is 12.8 Å². The Balaban J connectivity index is 1.31. The molecule has 1 aliphatic carbocycles. The van der Waals surface area contributed by atoms with Crippen molar-refractivity contribution in [1.29, 1.82) is 0 Å². The molecule has 0 amide bonds. The summed E-state index contributed by atoms with van der Waals surface area (Å²) in [6.45, 7) is 3.03. The van der Waals surface area contributed by atoms with Crippen molar-refractivity contribution in [2.45, 2.75) is 38.0 Å². The fourth-order valence-electron chi connectivity index (χ4n) is 4.19. The van der Waals surface area contributed by atoms with Gasteiger partial charge in [0.05, 0.1) is 6.61 Å². The lowest BCUT2D eigenvalue weighted by atomic mass is 9.92. The van der Waals surface area contributed by atoms with Crippen molar-refractivity contribution in [2.24, 2.45) is 5.41 Å². The Morgan fingerprint density at radius 2 is 2.17 bits per heavy atom. The van der Waals surface area contributed by atoms with Crippen molar-refractivity contribution in [3.8, 4) is 5.75 Å². The van der Waals surface area contributed by atoms with Crippen LogP contribution in [0.15, 0.2) is 22.7 Å². The Bertz CT molecular complexity index is 734. The van der Waals surface area contributed by atoms with E-state index >= 15 is 0 Å². The minimum Gasteiger partial charge on any atom is -0.493 e. The van der Waals surface area contributed by atoms with Crippen LogP contribution in [0.5, 0.6) is 5.75 Å². The van der Waals surface area contributed by atoms with Crippen molar-refractivity contribution < 1.29 is 9.26 Å².